The number of aromatic nitrogens is 4. The minimum absolute atomic E-state index is 0.00426. The fourth-order valence-corrected chi connectivity index (χ4v) is 8.31. The maximum Gasteiger partial charge on any atom is 0.249 e. The van der Waals surface area contributed by atoms with Gasteiger partial charge in [0.1, 0.15) is 23.3 Å². The summed E-state index contributed by atoms with van der Waals surface area (Å²) in [5.41, 5.74) is 21.1. The highest BCUT2D eigenvalue weighted by Gasteiger charge is 2.23. The van der Waals surface area contributed by atoms with E-state index >= 15 is 0 Å². The van der Waals surface area contributed by atoms with Crippen molar-refractivity contribution in [1.29, 1.82) is 0 Å². The number of carbonyl (C=O) groups is 2. The summed E-state index contributed by atoms with van der Waals surface area (Å²) in [6.45, 7) is 19.1. The summed E-state index contributed by atoms with van der Waals surface area (Å²) < 4.78 is 50.8. The molecule has 0 aliphatic carbocycles. The van der Waals surface area contributed by atoms with Gasteiger partial charge in [0.05, 0.1) is 28.0 Å². The van der Waals surface area contributed by atoms with Crippen molar-refractivity contribution < 1.29 is 26.8 Å². The number of anilines is 7. The van der Waals surface area contributed by atoms with Gasteiger partial charge in [-0.1, -0.05) is 31.2 Å². The van der Waals surface area contributed by atoms with Crippen LogP contribution in [0.25, 0.3) is 0 Å². The predicted octanol–water partition coefficient (Wildman–Crippen LogP) is 6.72. The largest absolute Gasteiger partial charge is 0.399 e. The standard InChI is InChI=1S/C24H27FN6O.C13H12FN3O3S.C13H21N3/c1-16(2)30-11-13-31(14-12-30)18-9-7-17(8-10-18)28-24-27-15-20(23(26)29-24)22(32)19-5-3-4-6-21(19)25;1-2-21(19,20)13-16-7-9(12(15)17-13)11(18)8-5-3-4-6-10(8)14;1-11(2)15-7-9-16(10-8-15)13-5-3-12(14)4-6-13/h3-10,15-16H,11-14H2,1-2H3,(H3,26,27,28,29);3-7H,2H2,1H3,(H2,15,16,17);3-6,11H,7-10,14H2,1-2H3. The molecule has 6 aromatic rings. The number of halogens is 2. The highest BCUT2D eigenvalue weighted by molar-refractivity contribution is 7.91. The third-order valence-corrected chi connectivity index (χ3v) is 13.3. The molecule has 0 radical (unpaired) electrons. The van der Waals surface area contributed by atoms with Gasteiger partial charge in [0.2, 0.25) is 32.5 Å². The number of ketones is 2. The Kier molecular flexibility index (Phi) is 17.3. The van der Waals surface area contributed by atoms with E-state index in [1.807, 2.05) is 24.3 Å². The summed E-state index contributed by atoms with van der Waals surface area (Å²) >= 11 is 0. The van der Waals surface area contributed by atoms with E-state index in [2.05, 4.69) is 96.8 Å². The Hall–Kier alpha value is -7.09. The average molecular weight is 963 g/mol. The highest BCUT2D eigenvalue weighted by atomic mass is 32.2. The minimum Gasteiger partial charge on any atom is -0.399 e. The molecule has 0 saturated carbocycles. The fourth-order valence-electron chi connectivity index (χ4n) is 7.61. The average Bonchev–Trinajstić information content (AvgIpc) is 3.35. The SMILES string of the molecule is CC(C)N1CCN(c2ccc(N)cc2)CC1.CC(C)N1CCN(c2ccc(Nc3ncc(C(=O)c4ccccc4F)c(N)n3)cc2)CC1.CCS(=O)(=O)c1ncc(C(=O)c2ccccc2F)c(N)n1. The Morgan fingerprint density at radius 3 is 1.42 bits per heavy atom. The van der Waals surface area contributed by atoms with Gasteiger partial charge < -0.3 is 32.3 Å². The molecule has 4 heterocycles. The lowest BCUT2D eigenvalue weighted by Crippen LogP contribution is -2.48. The Morgan fingerprint density at radius 2 is 1.01 bits per heavy atom. The van der Waals surface area contributed by atoms with E-state index < -0.39 is 38.2 Å². The lowest BCUT2D eigenvalue weighted by molar-refractivity contribution is 0.102. The van der Waals surface area contributed by atoms with Gasteiger partial charge in [-0.15, -0.1) is 0 Å². The van der Waals surface area contributed by atoms with Crippen molar-refractivity contribution in [3.63, 3.8) is 0 Å². The zero-order valence-electron chi connectivity index (χ0n) is 39.5. The van der Waals surface area contributed by atoms with E-state index in [0.717, 1.165) is 76.0 Å². The molecular weight excluding hydrogens is 903 g/mol. The van der Waals surface area contributed by atoms with Crippen LogP contribution in [-0.4, -0.2) is 120 Å². The summed E-state index contributed by atoms with van der Waals surface area (Å²) in [5.74, 6) is -2.78. The van der Waals surface area contributed by atoms with Crippen LogP contribution in [0.5, 0.6) is 0 Å². The summed E-state index contributed by atoms with van der Waals surface area (Å²) in [4.78, 5) is 50.2. The molecule has 2 aliphatic heterocycles. The molecule has 8 rings (SSSR count). The van der Waals surface area contributed by atoms with Crippen LogP contribution in [0.3, 0.4) is 0 Å². The Bertz CT molecular complexity index is 2800. The molecular formula is C50H60F2N12O4S. The Morgan fingerprint density at radius 1 is 0.594 bits per heavy atom. The molecule has 4 aromatic carbocycles. The first-order chi connectivity index (χ1) is 32.9. The number of benzene rings is 4. The van der Waals surface area contributed by atoms with Crippen LogP contribution in [0.15, 0.2) is 115 Å². The molecule has 2 aromatic heterocycles. The molecule has 2 fully saturated rings. The highest BCUT2D eigenvalue weighted by Crippen LogP contribution is 2.24. The number of piperazine rings is 2. The third kappa shape index (κ3) is 13.3. The van der Waals surface area contributed by atoms with E-state index in [1.165, 1.54) is 60.9 Å². The van der Waals surface area contributed by atoms with Crippen LogP contribution >= 0.6 is 0 Å². The lowest BCUT2D eigenvalue weighted by Gasteiger charge is -2.38. The Labute approximate surface area is 402 Å². The van der Waals surface area contributed by atoms with Gasteiger partial charge in [-0.3, -0.25) is 19.4 Å². The smallest absolute Gasteiger partial charge is 0.249 e. The summed E-state index contributed by atoms with van der Waals surface area (Å²) in [6.07, 6.45) is 2.32. The second-order valence-electron chi connectivity index (χ2n) is 17.0. The van der Waals surface area contributed by atoms with Crippen LogP contribution in [0.2, 0.25) is 0 Å². The summed E-state index contributed by atoms with van der Waals surface area (Å²) in [5, 5.41) is 2.65. The first-order valence-electron chi connectivity index (χ1n) is 22.7. The molecule has 0 spiro atoms. The number of rotatable bonds is 12. The van der Waals surface area contributed by atoms with E-state index in [4.69, 9.17) is 17.2 Å². The molecule has 0 amide bonds. The molecule has 364 valence electrons. The van der Waals surface area contributed by atoms with Crippen LogP contribution in [-0.2, 0) is 9.84 Å². The van der Waals surface area contributed by atoms with E-state index in [1.54, 1.807) is 6.07 Å². The first kappa shape index (κ1) is 51.3. The van der Waals surface area contributed by atoms with Gasteiger partial charge in [-0.25, -0.2) is 32.2 Å². The first-order valence-corrected chi connectivity index (χ1v) is 24.4. The number of nitrogens with zero attached hydrogens (tertiary/aromatic N) is 8. The van der Waals surface area contributed by atoms with Gasteiger partial charge in [0.15, 0.2) is 0 Å². The van der Waals surface area contributed by atoms with E-state index in [-0.39, 0.29) is 45.6 Å². The number of carbonyl (C=O) groups excluding carboxylic acids is 2. The van der Waals surface area contributed by atoms with Crippen LogP contribution < -0.4 is 32.3 Å². The molecule has 19 heteroatoms. The number of hydrogen-bond acceptors (Lipinski definition) is 16. The maximum atomic E-state index is 13.9. The number of hydrogen-bond donors (Lipinski definition) is 4. The van der Waals surface area contributed by atoms with Crippen molar-refractivity contribution in [2.24, 2.45) is 0 Å². The van der Waals surface area contributed by atoms with E-state index in [9.17, 15) is 26.8 Å². The van der Waals surface area contributed by atoms with Crippen LogP contribution in [0, 0.1) is 11.6 Å². The van der Waals surface area contributed by atoms with E-state index in [0.29, 0.717) is 12.1 Å². The molecule has 0 atom stereocenters. The van der Waals surface area contributed by atoms with Gasteiger partial charge >= 0.3 is 0 Å². The normalized spacial score (nSPS) is 14.4. The van der Waals surface area contributed by atoms with Crippen molar-refractivity contribution >= 4 is 61.7 Å². The van der Waals surface area contributed by atoms with Gasteiger partial charge in [0, 0.05) is 99.6 Å². The quantitative estimate of drug-likeness (QED) is 0.0567. The third-order valence-electron chi connectivity index (χ3n) is 11.8. The Balaban J connectivity index is 0.000000182. The zero-order valence-corrected chi connectivity index (χ0v) is 40.3. The second kappa shape index (κ2) is 23.3. The van der Waals surface area contributed by atoms with Crippen molar-refractivity contribution in [3.05, 3.63) is 143 Å². The fraction of sp³-hybridized carbons (Fsp3) is 0.320. The minimum atomic E-state index is -3.62. The number of nitrogen functional groups attached to an aromatic ring is 3. The predicted molar refractivity (Wildman–Crippen MR) is 269 cm³/mol. The number of nitrogens with two attached hydrogens (primary N) is 3. The molecule has 69 heavy (non-hydrogen) atoms. The molecule has 2 saturated heterocycles. The van der Waals surface area contributed by atoms with Crippen LogP contribution in [0.4, 0.5) is 49.1 Å². The van der Waals surface area contributed by atoms with Gasteiger partial charge in [0.25, 0.3) is 0 Å². The van der Waals surface area contributed by atoms with Crippen molar-refractivity contribution in [1.82, 2.24) is 29.7 Å². The van der Waals surface area contributed by atoms with Gasteiger partial charge in [-0.05, 0) is 100 Å². The van der Waals surface area contributed by atoms with Gasteiger partial charge in [-0.2, -0.15) is 4.98 Å². The maximum absolute atomic E-state index is 13.9. The number of nitrogens with one attached hydrogen (secondary N) is 1. The molecule has 7 N–H and O–H groups in total. The number of sulfone groups is 1. The molecule has 16 nitrogen and oxygen atoms in total. The lowest BCUT2D eigenvalue weighted by atomic mass is 10.0. The summed E-state index contributed by atoms with van der Waals surface area (Å²) in [6, 6.07) is 28.6. The van der Waals surface area contributed by atoms with Crippen molar-refractivity contribution in [2.75, 3.05) is 90.4 Å². The molecule has 0 bridgehead atoms. The van der Waals surface area contributed by atoms with Crippen molar-refractivity contribution in [2.45, 2.75) is 51.9 Å². The topological polar surface area (TPSA) is 223 Å². The zero-order chi connectivity index (χ0) is 49.8. The monoisotopic (exact) mass is 962 g/mol. The molecule has 2 aliphatic rings. The second-order valence-corrected chi connectivity index (χ2v) is 19.1. The molecule has 0 unspecified atom stereocenters. The van der Waals surface area contributed by atoms with Crippen molar-refractivity contribution in [3.8, 4) is 0 Å². The summed E-state index contributed by atoms with van der Waals surface area (Å²) in [7, 11) is -3.62. The van der Waals surface area contributed by atoms with Crippen LogP contribution in [0.1, 0.15) is 66.5 Å².